The number of aromatic hydroxyl groups is 1. The van der Waals surface area contributed by atoms with Gasteiger partial charge in [-0.25, -0.2) is 9.78 Å². The Labute approximate surface area is 161 Å². The second-order valence-corrected chi connectivity index (χ2v) is 6.84. The number of carbonyl (C=O) groups excluding carboxylic acids is 2. The number of phenols is 1. The summed E-state index contributed by atoms with van der Waals surface area (Å²) in [5, 5.41) is 24.7. The van der Waals surface area contributed by atoms with Crippen LogP contribution in [0.2, 0.25) is 0 Å². The van der Waals surface area contributed by atoms with Gasteiger partial charge in [-0.2, -0.15) is 5.26 Å². The summed E-state index contributed by atoms with van der Waals surface area (Å²) in [5.41, 5.74) is 1.36. The van der Waals surface area contributed by atoms with Gasteiger partial charge in [0, 0.05) is 24.1 Å². The molecule has 1 fully saturated rings. The Hall–Kier alpha value is -3.60. The Balaban J connectivity index is 1.46. The average molecular weight is 378 g/mol. The monoisotopic (exact) mass is 378 g/mol. The molecule has 2 amide bonds. The zero-order valence-corrected chi connectivity index (χ0v) is 15.1. The van der Waals surface area contributed by atoms with Crippen molar-refractivity contribution >= 4 is 17.6 Å². The number of nitriles is 1. The van der Waals surface area contributed by atoms with Crippen LogP contribution in [0.1, 0.15) is 47.2 Å². The third-order valence-corrected chi connectivity index (χ3v) is 5.06. The number of pyridine rings is 1. The van der Waals surface area contributed by atoms with Crippen LogP contribution in [0.3, 0.4) is 0 Å². The van der Waals surface area contributed by atoms with Crippen LogP contribution in [0.25, 0.3) is 0 Å². The molecule has 4 rings (SSSR count). The molecule has 0 bridgehead atoms. The Bertz CT molecular complexity index is 997. The van der Waals surface area contributed by atoms with E-state index in [9.17, 15) is 14.7 Å². The molecule has 8 nitrogen and oxygen atoms in total. The number of rotatable bonds is 4. The summed E-state index contributed by atoms with van der Waals surface area (Å²) in [6.45, 7) is 1.75. The van der Waals surface area contributed by atoms with Crippen molar-refractivity contribution in [3.63, 3.8) is 0 Å². The van der Waals surface area contributed by atoms with E-state index in [1.807, 2.05) is 6.07 Å². The van der Waals surface area contributed by atoms with Crippen molar-refractivity contribution in [2.45, 2.75) is 31.9 Å². The van der Waals surface area contributed by atoms with E-state index in [2.05, 4.69) is 15.6 Å². The SMILES string of the molecule is CCC(=O)c1ccc2c(c1O)[C@H]1C[C@H]1C(NC(=O)Nc1ccc(C#N)cn1)O2. The minimum absolute atomic E-state index is 0.0125. The normalized spacial score (nSPS) is 21.4. The molecular formula is C20H18N4O4. The van der Waals surface area contributed by atoms with E-state index in [1.165, 1.54) is 6.20 Å². The highest BCUT2D eigenvalue weighted by molar-refractivity contribution is 5.99. The van der Waals surface area contributed by atoms with Gasteiger partial charge in [0.2, 0.25) is 0 Å². The van der Waals surface area contributed by atoms with Gasteiger partial charge in [-0.05, 0) is 36.6 Å². The second-order valence-electron chi connectivity index (χ2n) is 6.84. The summed E-state index contributed by atoms with van der Waals surface area (Å²) >= 11 is 0. The molecule has 1 unspecified atom stereocenters. The molecule has 0 saturated heterocycles. The third kappa shape index (κ3) is 3.11. The number of Topliss-reactive ketones (excluding diaryl/α,β-unsaturated/α-hetero) is 1. The summed E-state index contributed by atoms with van der Waals surface area (Å²) in [6, 6.07) is 7.81. The predicted octanol–water partition coefficient (Wildman–Crippen LogP) is 2.90. The summed E-state index contributed by atoms with van der Waals surface area (Å²) in [7, 11) is 0. The maximum absolute atomic E-state index is 12.3. The molecule has 0 spiro atoms. The summed E-state index contributed by atoms with van der Waals surface area (Å²) < 4.78 is 5.87. The molecule has 142 valence electrons. The van der Waals surface area contributed by atoms with Gasteiger partial charge in [-0.3, -0.25) is 10.1 Å². The number of ether oxygens (including phenoxy) is 1. The molecule has 0 radical (unpaired) electrons. The van der Waals surface area contributed by atoms with Gasteiger partial charge in [-0.15, -0.1) is 0 Å². The van der Waals surface area contributed by atoms with Gasteiger partial charge < -0.3 is 15.2 Å². The topological polar surface area (TPSA) is 124 Å². The molecule has 2 aromatic rings. The van der Waals surface area contributed by atoms with Crippen molar-refractivity contribution in [2.75, 3.05) is 5.32 Å². The Morgan fingerprint density at radius 2 is 2.18 bits per heavy atom. The number of urea groups is 1. The first-order valence-corrected chi connectivity index (χ1v) is 9.01. The number of nitrogens with zero attached hydrogens (tertiary/aromatic N) is 2. The molecule has 1 saturated carbocycles. The number of carbonyl (C=O) groups is 2. The highest BCUT2D eigenvalue weighted by atomic mass is 16.5. The number of benzene rings is 1. The van der Waals surface area contributed by atoms with Gasteiger partial charge in [0.05, 0.1) is 11.1 Å². The molecule has 3 N–H and O–H groups in total. The molecule has 8 heteroatoms. The van der Waals surface area contributed by atoms with Gasteiger partial charge in [0.1, 0.15) is 23.4 Å². The third-order valence-electron chi connectivity index (χ3n) is 5.06. The zero-order valence-electron chi connectivity index (χ0n) is 15.1. The van der Waals surface area contributed by atoms with Crippen molar-refractivity contribution in [1.29, 1.82) is 5.26 Å². The molecule has 28 heavy (non-hydrogen) atoms. The van der Waals surface area contributed by atoms with Gasteiger partial charge in [-0.1, -0.05) is 6.92 Å². The highest BCUT2D eigenvalue weighted by Crippen LogP contribution is 2.59. The number of hydrogen-bond acceptors (Lipinski definition) is 6. The number of aromatic nitrogens is 1. The van der Waals surface area contributed by atoms with Crippen molar-refractivity contribution in [3.8, 4) is 17.6 Å². The van der Waals surface area contributed by atoms with E-state index in [1.54, 1.807) is 31.2 Å². The number of phenolic OH excluding ortho intramolecular Hbond substituents is 1. The number of fused-ring (bicyclic) bond motifs is 3. The largest absolute Gasteiger partial charge is 0.507 e. The maximum atomic E-state index is 12.3. The van der Waals surface area contributed by atoms with E-state index >= 15 is 0 Å². The molecule has 1 aliphatic heterocycles. The van der Waals surface area contributed by atoms with Gasteiger partial charge in [0.25, 0.3) is 0 Å². The molecular weight excluding hydrogens is 360 g/mol. The number of amides is 2. The predicted molar refractivity (Wildman–Crippen MR) is 99.1 cm³/mol. The fourth-order valence-corrected chi connectivity index (χ4v) is 3.52. The summed E-state index contributed by atoms with van der Waals surface area (Å²) in [5.74, 6) is 0.747. The molecule has 2 heterocycles. The minimum Gasteiger partial charge on any atom is -0.507 e. The average Bonchev–Trinajstić information content (AvgIpc) is 3.49. The first-order chi connectivity index (χ1) is 13.5. The van der Waals surface area contributed by atoms with E-state index < -0.39 is 12.3 Å². The Morgan fingerprint density at radius 1 is 1.36 bits per heavy atom. The number of anilines is 1. The van der Waals surface area contributed by atoms with Crippen LogP contribution in [0.15, 0.2) is 30.5 Å². The first kappa shape index (κ1) is 17.8. The molecule has 3 atom stereocenters. The second kappa shape index (κ2) is 6.85. The van der Waals surface area contributed by atoms with Crippen LogP contribution in [-0.2, 0) is 0 Å². The molecule has 1 aromatic carbocycles. The molecule has 1 aliphatic carbocycles. The zero-order chi connectivity index (χ0) is 19.8. The molecule has 2 aliphatic rings. The smallest absolute Gasteiger partial charge is 0.323 e. The van der Waals surface area contributed by atoms with Gasteiger partial charge >= 0.3 is 6.03 Å². The van der Waals surface area contributed by atoms with Crippen LogP contribution in [0.5, 0.6) is 11.5 Å². The lowest BCUT2D eigenvalue weighted by atomic mass is 9.97. The lowest BCUT2D eigenvalue weighted by Gasteiger charge is -2.27. The van der Waals surface area contributed by atoms with E-state index in [0.29, 0.717) is 34.7 Å². The summed E-state index contributed by atoms with van der Waals surface area (Å²) in [6.07, 6.45) is 1.90. The van der Waals surface area contributed by atoms with Crippen molar-refractivity contribution in [1.82, 2.24) is 10.3 Å². The number of nitrogens with one attached hydrogen (secondary N) is 2. The maximum Gasteiger partial charge on any atom is 0.323 e. The van der Waals surface area contributed by atoms with Gasteiger partial charge in [0.15, 0.2) is 12.0 Å². The Morgan fingerprint density at radius 3 is 2.86 bits per heavy atom. The number of ketones is 1. The minimum atomic E-state index is -0.539. The van der Waals surface area contributed by atoms with E-state index in [0.717, 1.165) is 6.42 Å². The van der Waals surface area contributed by atoms with Crippen molar-refractivity contribution in [2.24, 2.45) is 5.92 Å². The highest BCUT2D eigenvalue weighted by Gasteiger charge is 2.52. The number of hydrogen-bond donors (Lipinski definition) is 3. The lowest BCUT2D eigenvalue weighted by molar-refractivity contribution is 0.0984. The van der Waals surface area contributed by atoms with Crippen LogP contribution in [-0.4, -0.2) is 28.1 Å². The van der Waals surface area contributed by atoms with Crippen molar-refractivity contribution in [3.05, 3.63) is 47.2 Å². The summed E-state index contributed by atoms with van der Waals surface area (Å²) in [4.78, 5) is 28.2. The fraction of sp³-hybridized carbons (Fsp3) is 0.300. The van der Waals surface area contributed by atoms with E-state index in [4.69, 9.17) is 10.00 Å². The molecule has 1 aromatic heterocycles. The van der Waals surface area contributed by atoms with Crippen LogP contribution < -0.4 is 15.4 Å². The quantitative estimate of drug-likeness (QED) is 0.703. The van der Waals surface area contributed by atoms with Crippen LogP contribution >= 0.6 is 0 Å². The van der Waals surface area contributed by atoms with Crippen LogP contribution in [0.4, 0.5) is 10.6 Å². The van der Waals surface area contributed by atoms with Crippen LogP contribution in [0, 0.1) is 17.2 Å². The standard InChI is InChI=1S/C20H18N4O4/c1-2-14(25)11-4-5-15-17(18(11)26)12-7-13(12)19(28-15)24-20(27)23-16-6-3-10(8-21)9-22-16/h3-6,9,12-13,19,26H,2,7H2,1H3,(H2,22,23,24,27)/t12-,13+,19?/m0/s1. The Kier molecular flexibility index (Phi) is 4.35. The first-order valence-electron chi connectivity index (χ1n) is 9.01. The lowest BCUT2D eigenvalue weighted by Crippen LogP contribution is -2.44. The van der Waals surface area contributed by atoms with E-state index in [-0.39, 0.29) is 23.4 Å². The van der Waals surface area contributed by atoms with Crippen molar-refractivity contribution < 1.29 is 19.4 Å². The fourth-order valence-electron chi connectivity index (χ4n) is 3.52.